The van der Waals surface area contributed by atoms with Gasteiger partial charge in [-0.25, -0.2) is 0 Å². The lowest BCUT2D eigenvalue weighted by atomic mass is 10.2. The van der Waals surface area contributed by atoms with E-state index in [1.807, 2.05) is 0 Å². The zero-order valence-corrected chi connectivity index (χ0v) is 9.07. The highest BCUT2D eigenvalue weighted by Gasteiger charge is 2.31. The van der Waals surface area contributed by atoms with E-state index in [4.69, 9.17) is 5.11 Å². The molecule has 0 bridgehead atoms. The van der Waals surface area contributed by atoms with Gasteiger partial charge in [0.15, 0.2) is 0 Å². The molecule has 1 aliphatic rings. The van der Waals surface area contributed by atoms with Crippen LogP contribution in [0.3, 0.4) is 0 Å². The Kier molecular flexibility index (Phi) is 3.06. The van der Waals surface area contributed by atoms with E-state index in [-0.39, 0.29) is 24.2 Å². The fraction of sp³-hybridized carbons (Fsp3) is 0.364. The van der Waals surface area contributed by atoms with Crippen molar-refractivity contribution < 1.29 is 14.8 Å². The van der Waals surface area contributed by atoms with Crippen molar-refractivity contribution in [1.29, 1.82) is 0 Å². The number of hydrogen-bond acceptors (Lipinski definition) is 4. The first kappa shape index (κ1) is 11.5. The number of non-ortho nitro benzene ring substituents is 1. The highest BCUT2D eigenvalue weighted by atomic mass is 16.6. The largest absolute Gasteiger partial charge is 0.394 e. The molecule has 1 saturated heterocycles. The number of carbonyl (C=O) groups excluding carboxylic acids is 1. The summed E-state index contributed by atoms with van der Waals surface area (Å²) < 4.78 is 0. The Bertz CT molecular complexity index is 443. The molecular formula is C11H12N2O4. The molecule has 0 aliphatic carbocycles. The fourth-order valence-electron chi connectivity index (χ4n) is 2.01. The minimum absolute atomic E-state index is 0.0130. The van der Waals surface area contributed by atoms with Gasteiger partial charge in [0.1, 0.15) is 0 Å². The predicted molar refractivity (Wildman–Crippen MR) is 60.7 cm³/mol. The highest BCUT2D eigenvalue weighted by Crippen LogP contribution is 2.27. The molecule has 1 atom stereocenters. The van der Waals surface area contributed by atoms with Crippen LogP contribution in [0.2, 0.25) is 0 Å². The molecule has 0 unspecified atom stereocenters. The zero-order valence-electron chi connectivity index (χ0n) is 9.07. The van der Waals surface area contributed by atoms with E-state index >= 15 is 0 Å². The highest BCUT2D eigenvalue weighted by molar-refractivity contribution is 5.96. The van der Waals surface area contributed by atoms with Gasteiger partial charge in [0.25, 0.3) is 5.69 Å². The van der Waals surface area contributed by atoms with Gasteiger partial charge >= 0.3 is 0 Å². The molecule has 1 aliphatic heterocycles. The van der Waals surface area contributed by atoms with Crippen LogP contribution in [0, 0.1) is 10.1 Å². The average Bonchev–Trinajstić information content (AvgIpc) is 2.70. The van der Waals surface area contributed by atoms with Crippen LogP contribution >= 0.6 is 0 Å². The Morgan fingerprint density at radius 3 is 2.59 bits per heavy atom. The number of carbonyl (C=O) groups is 1. The first-order valence-electron chi connectivity index (χ1n) is 5.31. The van der Waals surface area contributed by atoms with Gasteiger partial charge in [0.2, 0.25) is 5.91 Å². The number of hydrogen-bond donors (Lipinski definition) is 1. The summed E-state index contributed by atoms with van der Waals surface area (Å²) in [5.74, 6) is -0.0575. The maximum atomic E-state index is 11.6. The van der Waals surface area contributed by atoms with Crippen molar-refractivity contribution in [2.45, 2.75) is 18.9 Å². The number of anilines is 1. The number of aliphatic hydroxyl groups excluding tert-OH is 1. The molecule has 1 fully saturated rings. The van der Waals surface area contributed by atoms with Crippen molar-refractivity contribution in [3.05, 3.63) is 34.4 Å². The molecule has 17 heavy (non-hydrogen) atoms. The smallest absolute Gasteiger partial charge is 0.269 e. The Balaban J connectivity index is 2.27. The summed E-state index contributed by atoms with van der Waals surface area (Å²) in [5, 5.41) is 19.7. The third-order valence-electron chi connectivity index (χ3n) is 2.87. The first-order chi connectivity index (χ1) is 8.13. The summed E-state index contributed by atoms with van der Waals surface area (Å²) in [6, 6.07) is 5.56. The number of amides is 1. The lowest BCUT2D eigenvalue weighted by Gasteiger charge is -2.22. The summed E-state index contributed by atoms with van der Waals surface area (Å²) in [4.78, 5) is 23.2. The SMILES string of the molecule is O=C1CC[C@H](CO)N1c1ccc([N+](=O)[O-])cc1. The normalized spacial score (nSPS) is 19.7. The molecule has 2 rings (SSSR count). The molecule has 90 valence electrons. The minimum atomic E-state index is -0.487. The number of nitro groups is 1. The predicted octanol–water partition coefficient (Wildman–Crippen LogP) is 1.08. The standard InChI is InChI=1S/C11H12N2O4/c14-7-10-5-6-11(15)12(10)8-1-3-9(4-2-8)13(16)17/h1-4,10,14H,5-7H2/t10-/m1/s1. The first-order valence-corrected chi connectivity index (χ1v) is 5.31. The van der Waals surface area contributed by atoms with Crippen LogP contribution in [0.5, 0.6) is 0 Å². The maximum absolute atomic E-state index is 11.6. The third kappa shape index (κ3) is 2.12. The molecule has 1 amide bonds. The van der Waals surface area contributed by atoms with E-state index < -0.39 is 4.92 Å². The van der Waals surface area contributed by atoms with E-state index in [2.05, 4.69) is 0 Å². The van der Waals surface area contributed by atoms with Gasteiger partial charge in [-0.05, 0) is 18.6 Å². The van der Waals surface area contributed by atoms with Gasteiger partial charge in [-0.2, -0.15) is 0 Å². The molecule has 1 heterocycles. The van der Waals surface area contributed by atoms with Crippen molar-refractivity contribution in [2.24, 2.45) is 0 Å². The van der Waals surface area contributed by atoms with Gasteiger partial charge in [-0.1, -0.05) is 0 Å². The third-order valence-corrected chi connectivity index (χ3v) is 2.87. The minimum Gasteiger partial charge on any atom is -0.394 e. The van der Waals surface area contributed by atoms with E-state index in [0.717, 1.165) is 0 Å². The number of nitrogens with zero attached hydrogens (tertiary/aromatic N) is 2. The molecule has 0 spiro atoms. The van der Waals surface area contributed by atoms with Crippen molar-refractivity contribution in [1.82, 2.24) is 0 Å². The van der Waals surface area contributed by atoms with Crippen LogP contribution < -0.4 is 4.90 Å². The molecule has 0 aromatic heterocycles. The summed E-state index contributed by atoms with van der Waals surface area (Å²) in [7, 11) is 0. The fourth-order valence-corrected chi connectivity index (χ4v) is 2.01. The quantitative estimate of drug-likeness (QED) is 0.628. The molecular weight excluding hydrogens is 224 g/mol. The lowest BCUT2D eigenvalue weighted by Crippen LogP contribution is -2.35. The molecule has 1 N–H and O–H groups in total. The van der Waals surface area contributed by atoms with Crippen molar-refractivity contribution in [3.8, 4) is 0 Å². The average molecular weight is 236 g/mol. The zero-order chi connectivity index (χ0) is 12.4. The summed E-state index contributed by atoms with van der Waals surface area (Å²) in [6.07, 6.45) is 1.02. The van der Waals surface area contributed by atoms with Crippen LogP contribution in [-0.2, 0) is 4.79 Å². The van der Waals surface area contributed by atoms with Crippen LogP contribution in [0.25, 0.3) is 0 Å². The summed E-state index contributed by atoms with van der Waals surface area (Å²) >= 11 is 0. The number of rotatable bonds is 3. The second-order valence-electron chi connectivity index (χ2n) is 3.91. The van der Waals surface area contributed by atoms with Crippen molar-refractivity contribution in [3.63, 3.8) is 0 Å². The second-order valence-corrected chi connectivity index (χ2v) is 3.91. The lowest BCUT2D eigenvalue weighted by molar-refractivity contribution is -0.384. The van der Waals surface area contributed by atoms with Crippen LogP contribution in [0.4, 0.5) is 11.4 Å². The Morgan fingerprint density at radius 2 is 2.06 bits per heavy atom. The van der Waals surface area contributed by atoms with Crippen LogP contribution in [0.1, 0.15) is 12.8 Å². The second kappa shape index (κ2) is 4.50. The molecule has 1 aromatic carbocycles. The molecule has 0 radical (unpaired) electrons. The molecule has 0 saturated carbocycles. The summed E-state index contributed by atoms with van der Waals surface area (Å²) in [5.41, 5.74) is 0.582. The molecule has 6 heteroatoms. The van der Waals surface area contributed by atoms with E-state index in [1.165, 1.54) is 29.2 Å². The van der Waals surface area contributed by atoms with E-state index in [0.29, 0.717) is 18.5 Å². The monoisotopic (exact) mass is 236 g/mol. The van der Waals surface area contributed by atoms with E-state index in [1.54, 1.807) is 0 Å². The summed E-state index contributed by atoms with van der Waals surface area (Å²) in [6.45, 7) is -0.0945. The van der Waals surface area contributed by atoms with Crippen LogP contribution in [-0.4, -0.2) is 28.6 Å². The van der Waals surface area contributed by atoms with Crippen molar-refractivity contribution in [2.75, 3.05) is 11.5 Å². The Morgan fingerprint density at radius 1 is 1.41 bits per heavy atom. The van der Waals surface area contributed by atoms with Gasteiger partial charge in [0.05, 0.1) is 17.6 Å². The van der Waals surface area contributed by atoms with Crippen LogP contribution in [0.15, 0.2) is 24.3 Å². The molecule has 6 nitrogen and oxygen atoms in total. The van der Waals surface area contributed by atoms with Crippen molar-refractivity contribution >= 4 is 17.3 Å². The number of benzene rings is 1. The Labute approximate surface area is 97.6 Å². The number of aliphatic hydroxyl groups is 1. The van der Waals surface area contributed by atoms with Gasteiger partial charge in [-0.15, -0.1) is 0 Å². The van der Waals surface area contributed by atoms with Gasteiger partial charge in [0, 0.05) is 24.2 Å². The molecule has 1 aromatic rings. The van der Waals surface area contributed by atoms with Gasteiger partial charge in [-0.3, -0.25) is 14.9 Å². The maximum Gasteiger partial charge on any atom is 0.269 e. The van der Waals surface area contributed by atoms with Gasteiger partial charge < -0.3 is 10.0 Å². The topological polar surface area (TPSA) is 83.7 Å². The Hall–Kier alpha value is -1.95. The van der Waals surface area contributed by atoms with E-state index in [9.17, 15) is 14.9 Å². The number of nitro benzene ring substituents is 1.